The van der Waals surface area contributed by atoms with Gasteiger partial charge in [-0.2, -0.15) is 0 Å². The van der Waals surface area contributed by atoms with Crippen LogP contribution < -0.4 is 20.9 Å². The van der Waals surface area contributed by atoms with Gasteiger partial charge < -0.3 is 20.4 Å². The molecule has 0 bridgehead atoms. The summed E-state index contributed by atoms with van der Waals surface area (Å²) >= 11 is 1.55. The molecule has 0 aliphatic carbocycles. The zero-order valence-corrected chi connectivity index (χ0v) is 18.4. The van der Waals surface area contributed by atoms with E-state index in [1.165, 1.54) is 0 Å². The number of pyridine rings is 1. The molecule has 7 nitrogen and oxygen atoms in total. The monoisotopic (exact) mass is 453 g/mol. The van der Waals surface area contributed by atoms with E-state index in [0.29, 0.717) is 11.5 Å². The van der Waals surface area contributed by atoms with Crippen LogP contribution in [0.5, 0.6) is 5.75 Å². The number of aromatic amines is 1. The maximum Gasteiger partial charge on any atom is 0.256 e. The van der Waals surface area contributed by atoms with Crippen LogP contribution in [0.25, 0.3) is 21.1 Å². The number of anilines is 2. The molecule has 0 spiro atoms. The fourth-order valence-electron chi connectivity index (χ4n) is 4.12. The van der Waals surface area contributed by atoms with Crippen LogP contribution in [-0.4, -0.2) is 23.0 Å². The zero-order valence-electron chi connectivity index (χ0n) is 17.6. The molecular weight excluding hydrogens is 434 g/mol. The van der Waals surface area contributed by atoms with Crippen LogP contribution in [0.1, 0.15) is 17.2 Å². The van der Waals surface area contributed by atoms with E-state index in [4.69, 9.17) is 9.73 Å². The fourth-order valence-corrected chi connectivity index (χ4v) is 4.98. The predicted molar refractivity (Wildman–Crippen MR) is 134 cm³/mol. The average molecular weight is 454 g/mol. The second-order valence-corrected chi connectivity index (χ2v) is 8.71. The van der Waals surface area contributed by atoms with Crippen LogP contribution in [-0.2, 0) is 0 Å². The summed E-state index contributed by atoms with van der Waals surface area (Å²) in [5.41, 5.74) is 3.74. The van der Waals surface area contributed by atoms with Gasteiger partial charge in [-0.3, -0.25) is 4.79 Å². The number of methoxy groups -OCH3 is 1. The van der Waals surface area contributed by atoms with Crippen LogP contribution >= 0.6 is 11.3 Å². The quantitative estimate of drug-likeness (QED) is 0.352. The molecule has 33 heavy (non-hydrogen) atoms. The van der Waals surface area contributed by atoms with Crippen molar-refractivity contribution in [1.82, 2.24) is 9.97 Å². The number of hydrogen-bond acceptors (Lipinski definition) is 7. The molecule has 1 atom stereocenters. The number of rotatable bonds is 3. The van der Waals surface area contributed by atoms with Crippen LogP contribution in [0.2, 0.25) is 0 Å². The number of aromatic nitrogens is 2. The number of ether oxygens (including phenoxy) is 1. The molecule has 1 unspecified atom stereocenters. The van der Waals surface area contributed by atoms with Gasteiger partial charge >= 0.3 is 0 Å². The lowest BCUT2D eigenvalue weighted by Crippen LogP contribution is -2.32. The first kappa shape index (κ1) is 19.5. The first-order chi connectivity index (χ1) is 16.2. The number of thiazole rings is 1. The maximum atomic E-state index is 13.1. The number of para-hydroxylation sites is 2. The zero-order chi connectivity index (χ0) is 22.4. The highest BCUT2D eigenvalue weighted by molar-refractivity contribution is 7.22. The highest BCUT2D eigenvalue weighted by Gasteiger charge is 2.28. The van der Waals surface area contributed by atoms with Crippen LogP contribution in [0.4, 0.5) is 10.8 Å². The van der Waals surface area contributed by atoms with E-state index in [1.54, 1.807) is 18.4 Å². The Morgan fingerprint density at radius 2 is 1.79 bits per heavy atom. The van der Waals surface area contributed by atoms with Gasteiger partial charge in [-0.05, 0) is 35.9 Å². The standard InChI is InChI=1S/C25H19N5O2S/c1-32-15-12-10-14(11-13-15)21-20-22(16-6-2-3-7-17(16)26-23(20)31)29-24(28-21)30-25-27-18-8-4-5-9-19(18)33-25/h2-13,21H,1H3,(H,26,31)(H2,27,28,29,30). The number of nitrogens with zero attached hydrogens (tertiary/aromatic N) is 2. The summed E-state index contributed by atoms with van der Waals surface area (Å²) in [5.74, 6) is 1.29. The SMILES string of the molecule is COc1ccc(C2N=C(Nc3nc4ccccc4s3)Nc3c2c(=O)[nH]c2ccccc32)cc1. The Balaban J connectivity index is 1.50. The lowest BCUT2D eigenvalue weighted by molar-refractivity contribution is 0.414. The Morgan fingerprint density at radius 3 is 2.61 bits per heavy atom. The minimum absolute atomic E-state index is 0.167. The van der Waals surface area contributed by atoms with Crippen molar-refractivity contribution in [2.24, 2.45) is 4.99 Å². The Kier molecular flexibility index (Phi) is 4.58. The highest BCUT2D eigenvalue weighted by Crippen LogP contribution is 2.37. The number of nitrogens with one attached hydrogen (secondary N) is 3. The minimum Gasteiger partial charge on any atom is -0.497 e. The third-order valence-electron chi connectivity index (χ3n) is 5.68. The van der Waals surface area contributed by atoms with Gasteiger partial charge in [-0.15, -0.1) is 0 Å². The van der Waals surface area contributed by atoms with Crippen LogP contribution in [0.3, 0.4) is 0 Å². The summed E-state index contributed by atoms with van der Waals surface area (Å²) in [6.45, 7) is 0. The highest BCUT2D eigenvalue weighted by atomic mass is 32.1. The van der Waals surface area contributed by atoms with Gasteiger partial charge in [0.25, 0.3) is 5.56 Å². The number of fused-ring (bicyclic) bond motifs is 4. The van der Waals surface area contributed by atoms with Gasteiger partial charge in [-0.25, -0.2) is 9.98 Å². The van der Waals surface area contributed by atoms with Gasteiger partial charge in [0.1, 0.15) is 11.8 Å². The summed E-state index contributed by atoms with van der Waals surface area (Å²) < 4.78 is 6.39. The Morgan fingerprint density at radius 1 is 1.00 bits per heavy atom. The summed E-state index contributed by atoms with van der Waals surface area (Å²) in [6, 6.07) is 22.9. The van der Waals surface area contributed by atoms with Crippen molar-refractivity contribution < 1.29 is 4.74 Å². The Labute approximate surface area is 192 Å². The van der Waals surface area contributed by atoms with Gasteiger partial charge in [0.15, 0.2) is 5.13 Å². The van der Waals surface area contributed by atoms with E-state index < -0.39 is 6.04 Å². The van der Waals surface area contributed by atoms with Crippen molar-refractivity contribution in [3.05, 3.63) is 94.3 Å². The van der Waals surface area contributed by atoms with Gasteiger partial charge in [0.05, 0.1) is 34.1 Å². The summed E-state index contributed by atoms with van der Waals surface area (Å²) in [4.78, 5) is 25.7. The lowest BCUT2D eigenvalue weighted by atomic mass is 9.95. The largest absolute Gasteiger partial charge is 0.497 e. The molecule has 0 saturated heterocycles. The van der Waals surface area contributed by atoms with E-state index in [0.717, 1.165) is 43.3 Å². The van der Waals surface area contributed by atoms with E-state index >= 15 is 0 Å². The smallest absolute Gasteiger partial charge is 0.256 e. The summed E-state index contributed by atoms with van der Waals surface area (Å²) in [6.07, 6.45) is 0. The van der Waals surface area contributed by atoms with Gasteiger partial charge in [-0.1, -0.05) is 53.8 Å². The van der Waals surface area contributed by atoms with E-state index in [-0.39, 0.29) is 5.56 Å². The van der Waals surface area contributed by atoms with Crippen molar-refractivity contribution in [1.29, 1.82) is 0 Å². The third-order valence-corrected chi connectivity index (χ3v) is 6.64. The Bertz CT molecular complexity index is 1550. The van der Waals surface area contributed by atoms with E-state index in [9.17, 15) is 4.79 Å². The molecule has 1 aliphatic rings. The number of guanidine groups is 1. The van der Waals surface area contributed by atoms with Crippen molar-refractivity contribution in [3.8, 4) is 5.75 Å². The van der Waals surface area contributed by atoms with Crippen molar-refractivity contribution in [2.45, 2.75) is 6.04 Å². The molecule has 3 heterocycles. The molecule has 1 aliphatic heterocycles. The van der Waals surface area contributed by atoms with Crippen molar-refractivity contribution in [3.63, 3.8) is 0 Å². The maximum absolute atomic E-state index is 13.1. The molecule has 6 rings (SSSR count). The number of benzene rings is 3. The molecule has 162 valence electrons. The van der Waals surface area contributed by atoms with Crippen molar-refractivity contribution >= 4 is 49.2 Å². The lowest BCUT2D eigenvalue weighted by Gasteiger charge is -2.26. The molecule has 0 fully saturated rings. The van der Waals surface area contributed by atoms with Crippen LogP contribution in [0.15, 0.2) is 82.6 Å². The first-order valence-electron chi connectivity index (χ1n) is 10.5. The summed E-state index contributed by atoms with van der Waals surface area (Å²) in [7, 11) is 1.63. The molecule has 2 aromatic heterocycles. The molecule has 3 N–H and O–H groups in total. The van der Waals surface area contributed by atoms with E-state index in [1.807, 2.05) is 72.8 Å². The fraction of sp³-hybridized carbons (Fsp3) is 0.0800. The number of hydrogen-bond donors (Lipinski definition) is 3. The van der Waals surface area contributed by atoms with Crippen LogP contribution in [0, 0.1) is 0 Å². The topological polar surface area (TPSA) is 91.4 Å². The van der Waals surface area contributed by atoms with Crippen molar-refractivity contribution in [2.75, 3.05) is 17.7 Å². The first-order valence-corrected chi connectivity index (χ1v) is 11.3. The Hall–Kier alpha value is -4.17. The molecule has 8 heteroatoms. The normalized spacial score (nSPS) is 15.1. The molecular formula is C25H19N5O2S. The average Bonchev–Trinajstić information content (AvgIpc) is 3.26. The third kappa shape index (κ3) is 3.41. The molecule has 0 saturated carbocycles. The molecule has 5 aromatic rings. The minimum atomic E-state index is -0.489. The second kappa shape index (κ2) is 7.75. The van der Waals surface area contributed by atoms with E-state index in [2.05, 4.69) is 20.6 Å². The summed E-state index contributed by atoms with van der Waals surface area (Å²) in [5, 5.41) is 8.33. The molecule has 3 aromatic carbocycles. The predicted octanol–water partition coefficient (Wildman–Crippen LogP) is 5.13. The van der Waals surface area contributed by atoms with Gasteiger partial charge in [0.2, 0.25) is 5.96 Å². The molecule has 0 radical (unpaired) electrons. The van der Waals surface area contributed by atoms with Gasteiger partial charge in [0, 0.05) is 5.39 Å². The molecule has 0 amide bonds. The second-order valence-electron chi connectivity index (χ2n) is 7.68. The number of aliphatic imine (C=N–C) groups is 1. The number of H-pyrrole nitrogens is 1.